The van der Waals surface area contributed by atoms with Crippen LogP contribution in [0.3, 0.4) is 0 Å². The van der Waals surface area contributed by atoms with Crippen LogP contribution in [-0.2, 0) is 59.2 Å². The minimum absolute atomic E-state index is 0.0496. The number of aromatic nitrogens is 1. The molecule has 0 aromatic carbocycles. The number of likely N-dealkylation sites (N-methyl/N-ethyl adjacent to an activating group) is 7. The highest BCUT2D eigenvalue weighted by Gasteiger charge is 2.50. The number of pyridine rings is 1. The summed E-state index contributed by atoms with van der Waals surface area (Å²) >= 11 is 0. The first-order valence-electron chi connectivity index (χ1n) is 33.2. The number of carbonyl (C=O) groups excluding carboxylic acids is 10. The summed E-state index contributed by atoms with van der Waals surface area (Å²) < 4.78 is 6.68. The van der Waals surface area contributed by atoms with E-state index >= 15 is 9.59 Å². The van der Waals surface area contributed by atoms with E-state index in [1.54, 1.807) is 47.3 Å². The van der Waals surface area contributed by atoms with Crippen molar-refractivity contribution in [2.45, 2.75) is 228 Å². The zero-order chi connectivity index (χ0) is 70.3. The van der Waals surface area contributed by atoms with Gasteiger partial charge in [-0.2, -0.15) is 0 Å². The van der Waals surface area contributed by atoms with Crippen molar-refractivity contribution in [1.29, 1.82) is 0 Å². The average molecular weight is 1290 g/mol. The van der Waals surface area contributed by atoms with Crippen LogP contribution in [0.25, 0.3) is 0 Å². The first-order valence-corrected chi connectivity index (χ1v) is 33.2. The van der Waals surface area contributed by atoms with Gasteiger partial charge in [0.25, 0.3) is 0 Å². The molecule has 0 saturated carbocycles. The fourth-order valence-electron chi connectivity index (χ4n) is 12.2. The summed E-state index contributed by atoms with van der Waals surface area (Å²) in [6, 6.07) is -5.90. The summed E-state index contributed by atoms with van der Waals surface area (Å²) in [4.78, 5) is 157. The molecular formula is C68H119N13O11. The standard InChI is InChI=1S/C68H119N13O11/c1-25-28-30-44(12)59-58(64(87)73-50(26-2)61(84)69-17)81(24)68(91)57(48(16)92-59)80(23)67(90)54(35-42(8)9)78(21)66(89)53(34-41(6)7)77(20)65(88)47(15)72-60(83)46(14)71-62(85)52(33-40(4)5)76(19)39-51(43(10)11)74-63(86)56(79(22)55(82)27-3)45(13)37-75(18)38-49-31-29-32-70-36-49/h25,28-29,31-32,36,40-48,50-54,56-59H,26-27,30,33-35,37-39H2,1-24H3,(H,69,84)(H,71,85)(H,72,83)(H,73,87)(H,74,86). The van der Waals surface area contributed by atoms with E-state index in [9.17, 15) is 38.4 Å². The number of rotatable bonds is 36. The smallest absolute Gasteiger partial charge is 0.248 e. The second-order valence-corrected chi connectivity index (χ2v) is 27.4. The zero-order valence-electron chi connectivity index (χ0n) is 60.3. The number of nitrogens with one attached hydrogen (secondary N) is 5. The van der Waals surface area contributed by atoms with Crippen LogP contribution < -0.4 is 26.6 Å². The largest absolute Gasteiger partial charge is 0.370 e. The van der Waals surface area contributed by atoms with E-state index < -0.39 is 120 Å². The van der Waals surface area contributed by atoms with Gasteiger partial charge in [-0.15, -0.1) is 0 Å². The zero-order valence-corrected chi connectivity index (χ0v) is 60.3. The van der Waals surface area contributed by atoms with Crippen molar-refractivity contribution >= 4 is 59.1 Å². The number of ether oxygens (including phenoxy) is 1. The SMILES string of the molecule is CC=CCC(C)C1OC(C)C(N(C)C(=O)C(CC(C)C)N(C)C(=O)C(CC(C)C)N(C)C(=O)C(C)NC(=O)C(C)NC(=O)C(CC(C)C)N(C)CC(NC(=O)C(C(C)CN(C)Cc2cccnc2)N(C)C(=O)CC)C(C)C)C(=O)N(C)C1C(=O)NC(CC)C(=O)NC. The molecule has 5 N–H and O–H groups in total. The number of carbonyl (C=O) groups is 10. The fourth-order valence-corrected chi connectivity index (χ4v) is 12.2. The Morgan fingerprint density at radius 2 is 1.24 bits per heavy atom. The predicted octanol–water partition coefficient (Wildman–Crippen LogP) is 4.31. The van der Waals surface area contributed by atoms with Gasteiger partial charge in [0.2, 0.25) is 59.1 Å². The van der Waals surface area contributed by atoms with Gasteiger partial charge in [-0.05, 0) is 121 Å². The predicted molar refractivity (Wildman–Crippen MR) is 359 cm³/mol. The summed E-state index contributed by atoms with van der Waals surface area (Å²) in [6.07, 6.45) is 7.36. The summed E-state index contributed by atoms with van der Waals surface area (Å²) in [5, 5.41) is 14.2. The van der Waals surface area contributed by atoms with E-state index in [-0.39, 0.29) is 79.5 Å². The fraction of sp³-hybridized carbons (Fsp3) is 0.750. The van der Waals surface area contributed by atoms with Crippen molar-refractivity contribution in [3.63, 3.8) is 0 Å². The number of hydrogen-bond donors (Lipinski definition) is 5. The minimum atomic E-state index is -1.24. The van der Waals surface area contributed by atoms with Gasteiger partial charge in [0.1, 0.15) is 48.3 Å². The summed E-state index contributed by atoms with van der Waals surface area (Å²) in [6.45, 7) is 30.9. The Morgan fingerprint density at radius 1 is 0.685 bits per heavy atom. The Hall–Kier alpha value is -6.53. The molecule has 14 atom stereocenters. The number of hydrogen-bond acceptors (Lipinski definition) is 14. The molecule has 1 aliphatic rings. The van der Waals surface area contributed by atoms with Crippen molar-refractivity contribution in [2.24, 2.45) is 35.5 Å². The normalized spacial score (nSPS) is 19.5. The van der Waals surface area contributed by atoms with Crippen molar-refractivity contribution in [3.05, 3.63) is 42.2 Å². The van der Waals surface area contributed by atoms with Crippen LogP contribution in [-0.4, -0.2) is 240 Å². The lowest BCUT2D eigenvalue weighted by atomic mass is 9.92. The Labute approximate surface area is 551 Å². The molecule has 1 aromatic rings. The van der Waals surface area contributed by atoms with Gasteiger partial charge in [-0.25, -0.2) is 0 Å². The topological polar surface area (TPSA) is 276 Å². The van der Waals surface area contributed by atoms with Gasteiger partial charge in [-0.3, -0.25) is 57.8 Å². The van der Waals surface area contributed by atoms with Crippen LogP contribution in [0.2, 0.25) is 0 Å². The molecule has 1 aliphatic heterocycles. The highest BCUT2D eigenvalue weighted by Crippen LogP contribution is 2.30. The van der Waals surface area contributed by atoms with E-state index in [1.165, 1.54) is 73.6 Å². The lowest BCUT2D eigenvalue weighted by Gasteiger charge is -2.39. The Kier molecular flexibility index (Phi) is 34.2. The molecule has 24 nitrogen and oxygen atoms in total. The maximum Gasteiger partial charge on any atom is 0.248 e. The lowest BCUT2D eigenvalue weighted by molar-refractivity contribution is -0.155. The molecule has 522 valence electrons. The van der Waals surface area contributed by atoms with Crippen LogP contribution in [0.15, 0.2) is 36.7 Å². The quantitative estimate of drug-likeness (QED) is 0.0586. The molecule has 0 bridgehead atoms. The molecule has 0 radical (unpaired) electrons. The van der Waals surface area contributed by atoms with Gasteiger partial charge in [0, 0.05) is 86.8 Å². The van der Waals surface area contributed by atoms with Crippen LogP contribution in [0, 0.1) is 35.5 Å². The molecule has 0 spiro atoms. The van der Waals surface area contributed by atoms with Crippen molar-refractivity contribution < 1.29 is 52.7 Å². The molecular weight excluding hydrogens is 1170 g/mol. The maximum atomic E-state index is 15.1. The number of amides is 10. The van der Waals surface area contributed by atoms with Gasteiger partial charge in [-0.1, -0.05) is 101 Å². The van der Waals surface area contributed by atoms with Gasteiger partial charge in [0.05, 0.1) is 18.2 Å². The van der Waals surface area contributed by atoms with Gasteiger partial charge in [0.15, 0.2) is 0 Å². The van der Waals surface area contributed by atoms with E-state index in [1.807, 2.05) is 112 Å². The summed E-state index contributed by atoms with van der Waals surface area (Å²) in [7, 11) is 12.8. The molecule has 1 fully saturated rings. The summed E-state index contributed by atoms with van der Waals surface area (Å²) in [5.41, 5.74) is 1.02. The van der Waals surface area contributed by atoms with Crippen LogP contribution in [0.5, 0.6) is 0 Å². The van der Waals surface area contributed by atoms with Crippen LogP contribution >= 0.6 is 0 Å². The Bertz CT molecular complexity index is 2610. The number of allylic oxidation sites excluding steroid dienone is 2. The van der Waals surface area contributed by atoms with Crippen molar-refractivity contribution in [2.75, 3.05) is 69.5 Å². The van der Waals surface area contributed by atoms with Crippen LogP contribution in [0.1, 0.15) is 155 Å². The molecule has 2 heterocycles. The van der Waals surface area contributed by atoms with Gasteiger partial charge >= 0.3 is 0 Å². The Balaban J connectivity index is 2.39. The first-order chi connectivity index (χ1) is 42.9. The average Bonchev–Trinajstić information content (AvgIpc) is 1.57. The minimum Gasteiger partial charge on any atom is -0.370 e. The van der Waals surface area contributed by atoms with E-state index in [2.05, 4.69) is 36.5 Å². The lowest BCUT2D eigenvalue weighted by Crippen LogP contribution is -2.61. The molecule has 1 aromatic heterocycles. The van der Waals surface area contributed by atoms with E-state index in [4.69, 9.17) is 4.74 Å². The molecule has 2 rings (SSSR count). The third-order valence-electron chi connectivity index (χ3n) is 17.7. The van der Waals surface area contributed by atoms with Crippen molar-refractivity contribution in [1.82, 2.24) is 65.9 Å². The molecule has 1 saturated heterocycles. The molecule has 10 amide bonds. The second kappa shape index (κ2) is 38.6. The van der Waals surface area contributed by atoms with E-state index in [0.717, 1.165) is 5.56 Å². The molecule has 0 aliphatic carbocycles. The monoisotopic (exact) mass is 1290 g/mol. The van der Waals surface area contributed by atoms with Crippen LogP contribution in [0.4, 0.5) is 0 Å². The highest BCUT2D eigenvalue weighted by molar-refractivity contribution is 5.98. The summed E-state index contributed by atoms with van der Waals surface area (Å²) in [5.74, 6) is -5.63. The third kappa shape index (κ3) is 23.5. The first kappa shape index (κ1) is 81.6. The van der Waals surface area contributed by atoms with Gasteiger partial charge < -0.3 is 60.7 Å². The third-order valence-corrected chi connectivity index (χ3v) is 17.7. The van der Waals surface area contributed by atoms with Crippen molar-refractivity contribution in [3.8, 4) is 0 Å². The highest BCUT2D eigenvalue weighted by atomic mass is 16.5. The van der Waals surface area contributed by atoms with E-state index in [0.29, 0.717) is 25.9 Å². The Morgan fingerprint density at radius 3 is 1.75 bits per heavy atom. The molecule has 14 unspecified atom stereocenters. The molecule has 24 heteroatoms. The number of nitrogens with zero attached hydrogens (tertiary/aromatic N) is 8. The molecule has 92 heavy (non-hydrogen) atoms. The second-order valence-electron chi connectivity index (χ2n) is 27.4. The maximum absolute atomic E-state index is 15.1.